The van der Waals surface area contributed by atoms with Crippen molar-refractivity contribution in [3.63, 3.8) is 0 Å². The quantitative estimate of drug-likeness (QED) is 0.508. The van der Waals surface area contributed by atoms with Gasteiger partial charge in [0.1, 0.15) is 12.4 Å². The maximum atomic E-state index is 12.7. The highest BCUT2D eigenvalue weighted by Crippen LogP contribution is 2.30. The predicted molar refractivity (Wildman–Crippen MR) is 133 cm³/mol. The Balaban J connectivity index is 1.30. The average Bonchev–Trinajstić information content (AvgIpc) is 3.30. The molecule has 0 saturated carbocycles. The van der Waals surface area contributed by atoms with Gasteiger partial charge in [0.2, 0.25) is 26.0 Å². The number of hydrogen-bond acceptors (Lipinski definition) is 6. The van der Waals surface area contributed by atoms with Crippen LogP contribution in [0.15, 0.2) is 52.3 Å². The molecule has 9 nitrogen and oxygen atoms in total. The van der Waals surface area contributed by atoms with Crippen LogP contribution in [0.3, 0.4) is 0 Å². The molecule has 2 aliphatic heterocycles. The second kappa shape index (κ2) is 10.7. The van der Waals surface area contributed by atoms with E-state index in [9.17, 15) is 21.6 Å². The molecule has 0 atom stereocenters. The fraction of sp³-hybridized carbons (Fsp3) is 0.458. The van der Waals surface area contributed by atoms with Gasteiger partial charge < -0.3 is 9.64 Å². The van der Waals surface area contributed by atoms with Crippen molar-refractivity contribution in [1.82, 2.24) is 9.03 Å². The van der Waals surface area contributed by atoms with Gasteiger partial charge in [-0.3, -0.25) is 4.79 Å². The lowest BCUT2D eigenvalue weighted by atomic mass is 10.2. The zero-order valence-corrected chi connectivity index (χ0v) is 21.4. The Hall–Kier alpha value is -2.47. The standard InChI is InChI=1S/C24H31N3O6S2/c1-2-24(28)27-16-12-19-18-22(10-11-23(19)27)34(29,30)25-13-17-33-20-6-8-21(9-7-20)35(31,32)26-14-4-3-5-15-26/h6-11,18,25H,2-5,12-17H2,1H3. The molecular weight excluding hydrogens is 490 g/mol. The van der Waals surface area contributed by atoms with E-state index in [4.69, 9.17) is 4.74 Å². The number of sulfonamides is 2. The van der Waals surface area contributed by atoms with Crippen LogP contribution in [0.4, 0.5) is 5.69 Å². The van der Waals surface area contributed by atoms with E-state index in [0.29, 0.717) is 38.2 Å². The molecule has 0 aromatic heterocycles. The van der Waals surface area contributed by atoms with Crippen LogP contribution in [0.25, 0.3) is 0 Å². The summed E-state index contributed by atoms with van der Waals surface area (Å²) < 4.78 is 60.5. The van der Waals surface area contributed by atoms with E-state index in [1.165, 1.54) is 22.5 Å². The molecule has 2 aromatic rings. The van der Waals surface area contributed by atoms with Crippen LogP contribution in [-0.2, 0) is 31.3 Å². The fourth-order valence-electron chi connectivity index (χ4n) is 4.39. The smallest absolute Gasteiger partial charge is 0.243 e. The SMILES string of the molecule is CCC(=O)N1CCc2cc(S(=O)(=O)NCCOc3ccc(S(=O)(=O)N4CCCCC4)cc3)ccc21. The summed E-state index contributed by atoms with van der Waals surface area (Å²) in [7, 11) is -7.24. The van der Waals surface area contributed by atoms with Crippen molar-refractivity contribution in [2.45, 2.75) is 48.8 Å². The Kier molecular flexibility index (Phi) is 7.80. The zero-order chi connectivity index (χ0) is 25.1. The maximum Gasteiger partial charge on any atom is 0.243 e. The van der Waals surface area contributed by atoms with E-state index >= 15 is 0 Å². The van der Waals surface area contributed by atoms with E-state index in [1.54, 1.807) is 36.1 Å². The van der Waals surface area contributed by atoms with E-state index in [1.807, 2.05) is 0 Å². The summed E-state index contributed by atoms with van der Waals surface area (Å²) in [5, 5.41) is 0. The number of nitrogens with zero attached hydrogens (tertiary/aromatic N) is 2. The van der Waals surface area contributed by atoms with E-state index < -0.39 is 20.0 Å². The van der Waals surface area contributed by atoms with Gasteiger partial charge in [-0.1, -0.05) is 13.3 Å². The highest BCUT2D eigenvalue weighted by molar-refractivity contribution is 7.89. The van der Waals surface area contributed by atoms with Gasteiger partial charge in [0.25, 0.3) is 0 Å². The molecular formula is C24H31N3O6S2. The van der Waals surface area contributed by atoms with Gasteiger partial charge in [0, 0.05) is 38.3 Å². The van der Waals surface area contributed by atoms with Gasteiger partial charge in [-0.25, -0.2) is 21.6 Å². The Bertz CT molecular complexity index is 1270. The molecule has 1 amide bonds. The Morgan fingerprint density at radius 2 is 1.63 bits per heavy atom. The first-order valence-electron chi connectivity index (χ1n) is 11.9. The largest absolute Gasteiger partial charge is 0.492 e. The topological polar surface area (TPSA) is 113 Å². The Morgan fingerprint density at radius 1 is 0.943 bits per heavy atom. The van der Waals surface area contributed by atoms with Gasteiger partial charge in [-0.05, 0) is 67.3 Å². The molecule has 2 aliphatic rings. The van der Waals surface area contributed by atoms with Crippen molar-refractivity contribution in [2.75, 3.05) is 37.7 Å². The van der Waals surface area contributed by atoms with E-state index in [0.717, 1.165) is 30.5 Å². The second-order valence-electron chi connectivity index (χ2n) is 8.62. The summed E-state index contributed by atoms with van der Waals surface area (Å²) in [5.41, 5.74) is 1.61. The number of nitrogens with one attached hydrogen (secondary N) is 1. The number of amides is 1. The molecule has 1 saturated heterocycles. The van der Waals surface area contributed by atoms with Crippen molar-refractivity contribution in [3.8, 4) is 5.75 Å². The normalized spacial score (nSPS) is 16.8. The molecule has 0 radical (unpaired) electrons. The molecule has 2 heterocycles. The molecule has 0 bridgehead atoms. The van der Waals surface area contributed by atoms with E-state index in [2.05, 4.69) is 4.72 Å². The second-order valence-corrected chi connectivity index (χ2v) is 12.3. The minimum absolute atomic E-state index is 0.0201. The number of carbonyl (C=O) groups excluding carboxylic acids is 1. The number of piperidine rings is 1. The molecule has 35 heavy (non-hydrogen) atoms. The van der Waals surface area contributed by atoms with Crippen LogP contribution >= 0.6 is 0 Å². The van der Waals surface area contributed by atoms with Crippen LogP contribution in [0.1, 0.15) is 38.2 Å². The number of fused-ring (bicyclic) bond motifs is 1. The fourth-order valence-corrected chi connectivity index (χ4v) is 6.97. The third-order valence-electron chi connectivity index (χ3n) is 6.30. The lowest BCUT2D eigenvalue weighted by molar-refractivity contribution is -0.118. The van der Waals surface area contributed by atoms with Crippen molar-refractivity contribution >= 4 is 31.6 Å². The summed E-state index contributed by atoms with van der Waals surface area (Å²) in [4.78, 5) is 14.1. The minimum atomic E-state index is -3.74. The first-order chi connectivity index (χ1) is 16.7. The predicted octanol–water partition coefficient (Wildman–Crippen LogP) is 2.52. The third kappa shape index (κ3) is 5.69. The van der Waals surface area contributed by atoms with E-state index in [-0.39, 0.29) is 28.8 Å². The van der Waals surface area contributed by atoms with Gasteiger partial charge in [0.05, 0.1) is 9.79 Å². The average molecular weight is 522 g/mol. The Labute approximate surface area is 207 Å². The number of carbonyl (C=O) groups is 1. The minimum Gasteiger partial charge on any atom is -0.492 e. The molecule has 1 fully saturated rings. The lowest BCUT2D eigenvalue weighted by Gasteiger charge is -2.25. The van der Waals surface area contributed by atoms with Gasteiger partial charge in [-0.2, -0.15) is 4.31 Å². The molecule has 1 N–H and O–H groups in total. The van der Waals surface area contributed by atoms with Crippen LogP contribution in [0.5, 0.6) is 5.75 Å². The molecule has 190 valence electrons. The van der Waals surface area contributed by atoms with Crippen molar-refractivity contribution in [3.05, 3.63) is 48.0 Å². The molecule has 0 spiro atoms. The van der Waals surface area contributed by atoms with Crippen LogP contribution < -0.4 is 14.4 Å². The molecule has 11 heteroatoms. The molecule has 0 aliphatic carbocycles. The zero-order valence-electron chi connectivity index (χ0n) is 19.8. The van der Waals surface area contributed by atoms with Crippen LogP contribution in [0, 0.1) is 0 Å². The highest BCUT2D eigenvalue weighted by Gasteiger charge is 2.27. The number of ether oxygens (including phenoxy) is 1. The maximum absolute atomic E-state index is 12.7. The number of hydrogen-bond donors (Lipinski definition) is 1. The van der Waals surface area contributed by atoms with Gasteiger partial charge in [0.15, 0.2) is 0 Å². The summed E-state index contributed by atoms with van der Waals surface area (Å²) in [5.74, 6) is 0.478. The molecule has 2 aromatic carbocycles. The summed E-state index contributed by atoms with van der Waals surface area (Å²) in [6.07, 6.45) is 3.82. The highest BCUT2D eigenvalue weighted by atomic mass is 32.2. The van der Waals surface area contributed by atoms with Gasteiger partial charge >= 0.3 is 0 Å². The van der Waals surface area contributed by atoms with Crippen molar-refractivity contribution < 1.29 is 26.4 Å². The summed E-state index contributed by atoms with van der Waals surface area (Å²) in [6, 6.07) is 11.0. The molecule has 0 unspecified atom stereocenters. The molecule has 4 rings (SSSR count). The van der Waals surface area contributed by atoms with Crippen molar-refractivity contribution in [2.24, 2.45) is 0 Å². The lowest BCUT2D eigenvalue weighted by Crippen LogP contribution is -2.35. The van der Waals surface area contributed by atoms with Crippen molar-refractivity contribution in [1.29, 1.82) is 0 Å². The summed E-state index contributed by atoms with van der Waals surface area (Å²) >= 11 is 0. The number of benzene rings is 2. The Morgan fingerprint density at radius 3 is 2.31 bits per heavy atom. The summed E-state index contributed by atoms with van der Waals surface area (Å²) in [6.45, 7) is 3.58. The van der Waals surface area contributed by atoms with Crippen LogP contribution in [-0.4, -0.2) is 59.8 Å². The van der Waals surface area contributed by atoms with Gasteiger partial charge in [-0.15, -0.1) is 0 Å². The first-order valence-corrected chi connectivity index (χ1v) is 14.8. The monoisotopic (exact) mass is 521 g/mol. The number of anilines is 1. The third-order valence-corrected chi connectivity index (χ3v) is 9.67. The van der Waals surface area contributed by atoms with Crippen LogP contribution in [0.2, 0.25) is 0 Å². The number of rotatable bonds is 9. The first kappa shape index (κ1) is 25.6.